The standard InChI is InChI=1S/C14H22N4O2.2ClH/c1-18(2)13-4-3-11(8-16-13)9-17-14(19)7-12-10-20-6-5-15-12;;/h3-4,8,12,15H,5-7,9-10H2,1-2H3,(H,17,19);2*1H. The third kappa shape index (κ3) is 6.79. The first-order valence-corrected chi connectivity index (χ1v) is 6.85. The monoisotopic (exact) mass is 350 g/mol. The summed E-state index contributed by atoms with van der Waals surface area (Å²) in [5.74, 6) is 0.938. The van der Waals surface area contributed by atoms with Crippen LogP contribution in [0, 0.1) is 0 Å². The molecule has 0 spiro atoms. The molecule has 0 radical (unpaired) electrons. The quantitative estimate of drug-likeness (QED) is 0.828. The van der Waals surface area contributed by atoms with E-state index in [2.05, 4.69) is 15.6 Å². The first-order chi connectivity index (χ1) is 9.65. The summed E-state index contributed by atoms with van der Waals surface area (Å²) in [6.45, 7) is 2.65. The van der Waals surface area contributed by atoms with E-state index in [1.165, 1.54) is 0 Å². The van der Waals surface area contributed by atoms with Crippen molar-refractivity contribution in [2.75, 3.05) is 38.8 Å². The molecule has 8 heteroatoms. The van der Waals surface area contributed by atoms with E-state index in [1.807, 2.05) is 31.1 Å². The molecule has 6 nitrogen and oxygen atoms in total. The predicted octanol–water partition coefficient (Wildman–Crippen LogP) is 0.986. The summed E-state index contributed by atoms with van der Waals surface area (Å²) in [5.41, 5.74) is 0.997. The van der Waals surface area contributed by atoms with E-state index in [0.717, 1.165) is 24.5 Å². The number of hydrogen-bond acceptors (Lipinski definition) is 5. The number of carbonyl (C=O) groups is 1. The molecule has 1 fully saturated rings. The SMILES string of the molecule is CN(C)c1ccc(CNC(=O)CC2COCCN2)cn1.Cl.Cl. The molecular weight excluding hydrogens is 327 g/mol. The molecule has 0 bridgehead atoms. The summed E-state index contributed by atoms with van der Waals surface area (Å²) in [6, 6.07) is 4.04. The average Bonchev–Trinajstić information content (AvgIpc) is 2.46. The van der Waals surface area contributed by atoms with Gasteiger partial charge in [0.05, 0.1) is 13.2 Å². The van der Waals surface area contributed by atoms with Gasteiger partial charge < -0.3 is 20.3 Å². The smallest absolute Gasteiger partial charge is 0.221 e. The zero-order chi connectivity index (χ0) is 14.4. The van der Waals surface area contributed by atoms with Gasteiger partial charge in [-0.05, 0) is 11.6 Å². The Bertz CT molecular complexity index is 437. The van der Waals surface area contributed by atoms with Crippen LogP contribution in [0.15, 0.2) is 18.3 Å². The minimum absolute atomic E-state index is 0. The topological polar surface area (TPSA) is 66.5 Å². The number of aromatic nitrogens is 1. The number of hydrogen-bond donors (Lipinski definition) is 2. The summed E-state index contributed by atoms with van der Waals surface area (Å²) in [7, 11) is 3.89. The highest BCUT2D eigenvalue weighted by Gasteiger charge is 2.16. The molecule has 1 aliphatic rings. The van der Waals surface area contributed by atoms with E-state index >= 15 is 0 Å². The number of nitrogens with zero attached hydrogens (tertiary/aromatic N) is 2. The molecule has 0 saturated carbocycles. The van der Waals surface area contributed by atoms with Crippen molar-refractivity contribution < 1.29 is 9.53 Å². The molecule has 1 aromatic heterocycles. The van der Waals surface area contributed by atoms with Crippen LogP contribution in [0.25, 0.3) is 0 Å². The number of anilines is 1. The zero-order valence-corrected chi connectivity index (χ0v) is 14.5. The van der Waals surface area contributed by atoms with Gasteiger partial charge in [-0.2, -0.15) is 0 Å². The minimum atomic E-state index is 0. The summed E-state index contributed by atoms with van der Waals surface area (Å²) in [6.07, 6.45) is 2.24. The third-order valence-electron chi connectivity index (χ3n) is 3.19. The number of morpholine rings is 1. The van der Waals surface area contributed by atoms with Crippen LogP contribution in [0.5, 0.6) is 0 Å². The maximum absolute atomic E-state index is 11.8. The first-order valence-electron chi connectivity index (χ1n) is 6.85. The van der Waals surface area contributed by atoms with Crippen LogP contribution < -0.4 is 15.5 Å². The number of rotatable bonds is 5. The van der Waals surface area contributed by atoms with Crippen molar-refractivity contribution >= 4 is 36.5 Å². The highest BCUT2D eigenvalue weighted by Crippen LogP contribution is 2.07. The van der Waals surface area contributed by atoms with E-state index in [1.54, 1.807) is 6.20 Å². The number of carbonyl (C=O) groups excluding carboxylic acids is 1. The number of ether oxygens (including phenoxy) is 1. The minimum Gasteiger partial charge on any atom is -0.378 e. The normalized spacial score (nSPS) is 16.9. The zero-order valence-electron chi connectivity index (χ0n) is 12.9. The van der Waals surface area contributed by atoms with Crippen molar-refractivity contribution in [2.24, 2.45) is 0 Å². The van der Waals surface area contributed by atoms with E-state index in [9.17, 15) is 4.79 Å². The average molecular weight is 351 g/mol. The highest BCUT2D eigenvalue weighted by molar-refractivity contribution is 5.85. The highest BCUT2D eigenvalue weighted by atomic mass is 35.5. The number of amides is 1. The van der Waals surface area contributed by atoms with E-state index in [-0.39, 0.29) is 36.8 Å². The second-order valence-corrected chi connectivity index (χ2v) is 5.13. The molecule has 1 amide bonds. The summed E-state index contributed by atoms with van der Waals surface area (Å²) >= 11 is 0. The number of halogens is 2. The van der Waals surface area contributed by atoms with Crippen molar-refractivity contribution in [1.29, 1.82) is 0 Å². The largest absolute Gasteiger partial charge is 0.378 e. The Hall–Kier alpha value is -1.08. The van der Waals surface area contributed by atoms with Crippen LogP contribution in [0.2, 0.25) is 0 Å². The molecule has 1 atom stereocenters. The summed E-state index contributed by atoms with van der Waals surface area (Å²) in [5, 5.41) is 6.17. The Morgan fingerprint density at radius 2 is 2.23 bits per heavy atom. The molecule has 1 saturated heterocycles. The lowest BCUT2D eigenvalue weighted by Gasteiger charge is -2.23. The number of pyridine rings is 1. The number of nitrogens with one attached hydrogen (secondary N) is 2. The van der Waals surface area contributed by atoms with Crippen LogP contribution in [-0.2, 0) is 16.1 Å². The van der Waals surface area contributed by atoms with E-state index in [4.69, 9.17) is 4.74 Å². The van der Waals surface area contributed by atoms with Gasteiger partial charge in [-0.3, -0.25) is 4.79 Å². The summed E-state index contributed by atoms with van der Waals surface area (Å²) < 4.78 is 5.32. The second kappa shape index (κ2) is 10.6. The Morgan fingerprint density at radius 1 is 1.45 bits per heavy atom. The molecule has 2 heterocycles. The van der Waals surface area contributed by atoms with Gasteiger partial charge in [0.15, 0.2) is 0 Å². The van der Waals surface area contributed by atoms with Crippen LogP contribution in [-0.4, -0.2) is 50.8 Å². The molecule has 0 aromatic carbocycles. The maximum Gasteiger partial charge on any atom is 0.221 e. The molecular formula is C14H24Cl2N4O2. The molecule has 1 aliphatic heterocycles. The van der Waals surface area contributed by atoms with Gasteiger partial charge >= 0.3 is 0 Å². The van der Waals surface area contributed by atoms with Crippen molar-refractivity contribution in [3.05, 3.63) is 23.9 Å². The van der Waals surface area contributed by atoms with Gasteiger partial charge in [0.25, 0.3) is 0 Å². The lowest BCUT2D eigenvalue weighted by atomic mass is 10.2. The van der Waals surface area contributed by atoms with Crippen LogP contribution in [0.3, 0.4) is 0 Å². The van der Waals surface area contributed by atoms with Crippen LogP contribution in [0.1, 0.15) is 12.0 Å². The fourth-order valence-corrected chi connectivity index (χ4v) is 2.03. The molecule has 126 valence electrons. The lowest BCUT2D eigenvalue weighted by molar-refractivity contribution is -0.122. The fourth-order valence-electron chi connectivity index (χ4n) is 2.03. The first kappa shape index (κ1) is 20.9. The third-order valence-corrected chi connectivity index (χ3v) is 3.19. The van der Waals surface area contributed by atoms with Crippen molar-refractivity contribution in [3.63, 3.8) is 0 Å². The van der Waals surface area contributed by atoms with Crippen LogP contribution >= 0.6 is 24.8 Å². The Morgan fingerprint density at radius 3 is 2.77 bits per heavy atom. The Labute approximate surface area is 143 Å². The van der Waals surface area contributed by atoms with Gasteiger partial charge in [0.1, 0.15) is 5.82 Å². The molecule has 2 N–H and O–H groups in total. The molecule has 2 rings (SSSR count). The van der Waals surface area contributed by atoms with Crippen LogP contribution in [0.4, 0.5) is 5.82 Å². The maximum atomic E-state index is 11.8. The van der Waals surface area contributed by atoms with Gasteiger partial charge in [-0.25, -0.2) is 4.98 Å². The van der Waals surface area contributed by atoms with Crippen molar-refractivity contribution in [1.82, 2.24) is 15.6 Å². The molecule has 0 aliphatic carbocycles. The van der Waals surface area contributed by atoms with E-state index < -0.39 is 0 Å². The molecule has 1 aromatic rings. The van der Waals surface area contributed by atoms with Gasteiger partial charge in [-0.1, -0.05) is 6.07 Å². The fraction of sp³-hybridized carbons (Fsp3) is 0.571. The summed E-state index contributed by atoms with van der Waals surface area (Å²) in [4.78, 5) is 18.1. The van der Waals surface area contributed by atoms with Gasteiger partial charge in [0, 0.05) is 45.8 Å². The Kier molecular flexibility index (Phi) is 10.1. The van der Waals surface area contributed by atoms with Crippen molar-refractivity contribution in [3.8, 4) is 0 Å². The second-order valence-electron chi connectivity index (χ2n) is 5.13. The van der Waals surface area contributed by atoms with Gasteiger partial charge in [0.2, 0.25) is 5.91 Å². The molecule has 22 heavy (non-hydrogen) atoms. The molecule has 1 unspecified atom stereocenters. The van der Waals surface area contributed by atoms with E-state index in [0.29, 0.717) is 19.6 Å². The predicted molar refractivity (Wildman–Crippen MR) is 92.1 cm³/mol. The lowest BCUT2D eigenvalue weighted by Crippen LogP contribution is -2.44. The van der Waals surface area contributed by atoms with Crippen molar-refractivity contribution in [2.45, 2.75) is 19.0 Å². The Balaban J connectivity index is 0.00000220. The van der Waals surface area contributed by atoms with Gasteiger partial charge in [-0.15, -0.1) is 24.8 Å².